The summed E-state index contributed by atoms with van der Waals surface area (Å²) in [6.07, 6.45) is 2.93. The van der Waals surface area contributed by atoms with Gasteiger partial charge in [-0.1, -0.05) is 61.2 Å². The monoisotopic (exact) mass is 415 g/mol. The average molecular weight is 416 g/mol. The van der Waals surface area contributed by atoms with Crippen LogP contribution < -0.4 is 16.2 Å². The lowest BCUT2D eigenvalue weighted by atomic mass is 9.90. The van der Waals surface area contributed by atoms with E-state index < -0.39 is 5.91 Å². The highest BCUT2D eigenvalue weighted by molar-refractivity contribution is 7.80. The third-order valence-electron chi connectivity index (χ3n) is 5.21. The van der Waals surface area contributed by atoms with Crippen LogP contribution in [-0.4, -0.2) is 16.9 Å². The van der Waals surface area contributed by atoms with Crippen LogP contribution in [0.4, 0.5) is 0 Å². The second-order valence-electron chi connectivity index (χ2n) is 7.13. The molecule has 0 spiro atoms. The summed E-state index contributed by atoms with van der Waals surface area (Å²) in [5.41, 5.74) is 6.24. The van der Waals surface area contributed by atoms with Gasteiger partial charge in [-0.15, -0.1) is 0 Å². The van der Waals surface area contributed by atoms with Crippen molar-refractivity contribution >= 4 is 61.5 Å². The third-order valence-corrected chi connectivity index (χ3v) is 5.41. The van der Waals surface area contributed by atoms with Crippen molar-refractivity contribution in [1.82, 2.24) is 16.2 Å². The minimum absolute atomic E-state index is 0.0278. The molecule has 4 aromatic rings. The first-order valence-corrected chi connectivity index (χ1v) is 10.2. The lowest BCUT2D eigenvalue weighted by molar-refractivity contribution is -0.122. The number of nitrogens with one attached hydrogen (secondary N) is 3. The van der Waals surface area contributed by atoms with Crippen molar-refractivity contribution in [2.75, 3.05) is 0 Å². The molecule has 0 aromatic heterocycles. The standard InChI is InChI=1S/C24H21N3O2S/c1-2-20(28)25-24(30)27-26-21(29)8-4-5-15-9-10-18-12-11-16-6-3-7-17-13-14-19(15)23(18)22(16)17/h2-3,6-7,9-14H,1,4-5,8H2,(H,26,29)(H2,25,27,28,30). The highest BCUT2D eigenvalue weighted by Crippen LogP contribution is 2.36. The number of hydrogen-bond acceptors (Lipinski definition) is 3. The number of amides is 2. The molecule has 0 aliphatic heterocycles. The lowest BCUT2D eigenvalue weighted by Crippen LogP contribution is -2.48. The molecule has 0 heterocycles. The Hall–Kier alpha value is -3.51. The van der Waals surface area contributed by atoms with Gasteiger partial charge in [-0.3, -0.25) is 25.8 Å². The summed E-state index contributed by atoms with van der Waals surface area (Å²) < 4.78 is 0. The molecule has 0 unspecified atom stereocenters. The topological polar surface area (TPSA) is 70.2 Å². The van der Waals surface area contributed by atoms with E-state index >= 15 is 0 Å². The number of hydrazine groups is 1. The second-order valence-corrected chi connectivity index (χ2v) is 7.54. The Morgan fingerprint density at radius 1 is 0.900 bits per heavy atom. The Bertz CT molecular complexity index is 1270. The quantitative estimate of drug-likeness (QED) is 0.199. The number of benzene rings is 4. The smallest absolute Gasteiger partial charge is 0.249 e. The summed E-state index contributed by atoms with van der Waals surface area (Å²) in [6, 6.07) is 19.4. The molecular weight excluding hydrogens is 394 g/mol. The molecule has 0 aliphatic carbocycles. The summed E-state index contributed by atoms with van der Waals surface area (Å²) in [4.78, 5) is 23.2. The van der Waals surface area contributed by atoms with Gasteiger partial charge >= 0.3 is 0 Å². The SMILES string of the molecule is C=CC(=O)NC(=S)NNC(=O)CCCc1ccc2ccc3cccc4ccc1c2c34. The lowest BCUT2D eigenvalue weighted by Gasteiger charge is -2.14. The predicted octanol–water partition coefficient (Wildman–Crippen LogP) is 4.11. The van der Waals surface area contributed by atoms with Crippen molar-refractivity contribution in [3.8, 4) is 0 Å². The summed E-state index contributed by atoms with van der Waals surface area (Å²) in [5, 5.41) is 9.93. The molecule has 4 rings (SSSR count). The van der Waals surface area contributed by atoms with Crippen LogP contribution in [0.1, 0.15) is 18.4 Å². The van der Waals surface area contributed by atoms with Crippen molar-refractivity contribution in [3.63, 3.8) is 0 Å². The molecule has 0 fully saturated rings. The number of thiocarbonyl (C=S) groups is 1. The largest absolute Gasteiger partial charge is 0.298 e. The van der Waals surface area contributed by atoms with Crippen LogP contribution in [-0.2, 0) is 16.0 Å². The highest BCUT2D eigenvalue weighted by atomic mass is 32.1. The Morgan fingerprint density at radius 3 is 2.30 bits per heavy atom. The van der Waals surface area contributed by atoms with Crippen LogP contribution in [0.2, 0.25) is 0 Å². The number of carbonyl (C=O) groups excluding carboxylic acids is 2. The minimum Gasteiger partial charge on any atom is -0.298 e. The molecule has 6 heteroatoms. The van der Waals surface area contributed by atoms with Gasteiger partial charge in [0.1, 0.15) is 0 Å². The first-order valence-electron chi connectivity index (χ1n) is 9.74. The van der Waals surface area contributed by atoms with E-state index in [9.17, 15) is 9.59 Å². The molecule has 0 saturated heterocycles. The minimum atomic E-state index is -0.434. The number of carbonyl (C=O) groups is 2. The molecule has 5 nitrogen and oxygen atoms in total. The normalized spacial score (nSPS) is 10.9. The maximum Gasteiger partial charge on any atom is 0.249 e. The van der Waals surface area contributed by atoms with Crippen LogP contribution in [0, 0.1) is 0 Å². The Kier molecular flexibility index (Phi) is 5.59. The Morgan fingerprint density at radius 2 is 1.57 bits per heavy atom. The number of rotatable bonds is 5. The number of aryl methyl sites for hydroxylation is 1. The maximum atomic E-state index is 12.1. The van der Waals surface area contributed by atoms with Gasteiger partial charge in [0.25, 0.3) is 0 Å². The summed E-state index contributed by atoms with van der Waals surface area (Å²) >= 11 is 4.91. The fourth-order valence-electron chi connectivity index (χ4n) is 3.84. The Balaban J connectivity index is 1.43. The van der Waals surface area contributed by atoms with Gasteiger partial charge < -0.3 is 0 Å². The molecule has 4 aromatic carbocycles. The van der Waals surface area contributed by atoms with Gasteiger partial charge in [0.15, 0.2) is 5.11 Å². The van der Waals surface area contributed by atoms with E-state index in [4.69, 9.17) is 12.2 Å². The summed E-state index contributed by atoms with van der Waals surface area (Å²) in [7, 11) is 0. The van der Waals surface area contributed by atoms with Crippen LogP contribution >= 0.6 is 12.2 Å². The molecule has 150 valence electrons. The summed E-state index contributed by atoms with van der Waals surface area (Å²) in [5.74, 6) is -0.626. The van der Waals surface area contributed by atoms with E-state index in [1.807, 2.05) is 0 Å². The first-order chi connectivity index (χ1) is 14.6. The fraction of sp³-hybridized carbons (Fsp3) is 0.125. The van der Waals surface area contributed by atoms with Crippen molar-refractivity contribution in [2.24, 2.45) is 0 Å². The fourth-order valence-corrected chi connectivity index (χ4v) is 3.99. The van der Waals surface area contributed by atoms with Gasteiger partial charge in [0.05, 0.1) is 0 Å². The van der Waals surface area contributed by atoms with E-state index in [1.165, 1.54) is 37.9 Å². The molecule has 2 amide bonds. The van der Waals surface area contributed by atoms with Gasteiger partial charge in [0.2, 0.25) is 11.8 Å². The van der Waals surface area contributed by atoms with E-state index in [0.717, 1.165) is 12.5 Å². The Labute approximate surface area is 179 Å². The molecule has 30 heavy (non-hydrogen) atoms. The van der Waals surface area contributed by atoms with Crippen molar-refractivity contribution < 1.29 is 9.59 Å². The maximum absolute atomic E-state index is 12.1. The molecule has 0 saturated carbocycles. The van der Waals surface area contributed by atoms with Crippen LogP contribution in [0.5, 0.6) is 0 Å². The molecule has 0 radical (unpaired) electrons. The zero-order chi connectivity index (χ0) is 21.1. The van der Waals surface area contributed by atoms with E-state index in [1.54, 1.807) is 0 Å². The van der Waals surface area contributed by atoms with Crippen LogP contribution in [0.25, 0.3) is 32.3 Å². The molecular formula is C24H21N3O2S. The molecule has 0 aliphatic rings. The molecule has 0 atom stereocenters. The molecule has 0 bridgehead atoms. The molecule has 3 N–H and O–H groups in total. The zero-order valence-electron chi connectivity index (χ0n) is 16.3. The summed E-state index contributed by atoms with van der Waals surface area (Å²) in [6.45, 7) is 3.34. The second kappa shape index (κ2) is 8.47. The van der Waals surface area contributed by atoms with Crippen LogP contribution in [0.3, 0.4) is 0 Å². The van der Waals surface area contributed by atoms with Crippen molar-refractivity contribution in [1.29, 1.82) is 0 Å². The van der Waals surface area contributed by atoms with Crippen molar-refractivity contribution in [2.45, 2.75) is 19.3 Å². The van der Waals surface area contributed by atoms with E-state index in [2.05, 4.69) is 77.3 Å². The van der Waals surface area contributed by atoms with Gasteiger partial charge in [-0.25, -0.2) is 0 Å². The van der Waals surface area contributed by atoms with Gasteiger partial charge in [-0.05, 0) is 69.0 Å². The first kappa shape index (κ1) is 19.8. The van der Waals surface area contributed by atoms with Crippen LogP contribution in [0.15, 0.2) is 67.3 Å². The number of hydrogen-bond donors (Lipinski definition) is 3. The highest BCUT2D eigenvalue weighted by Gasteiger charge is 2.11. The third kappa shape index (κ3) is 3.95. The zero-order valence-corrected chi connectivity index (χ0v) is 17.1. The average Bonchev–Trinajstić information content (AvgIpc) is 2.76. The van der Waals surface area contributed by atoms with Gasteiger partial charge in [0, 0.05) is 6.42 Å². The van der Waals surface area contributed by atoms with E-state index in [0.29, 0.717) is 12.8 Å². The van der Waals surface area contributed by atoms with E-state index in [-0.39, 0.29) is 11.0 Å². The predicted molar refractivity (Wildman–Crippen MR) is 125 cm³/mol. The van der Waals surface area contributed by atoms with Crippen molar-refractivity contribution in [3.05, 3.63) is 72.8 Å². The van der Waals surface area contributed by atoms with Gasteiger partial charge in [-0.2, -0.15) is 0 Å².